The lowest BCUT2D eigenvalue weighted by molar-refractivity contribution is 0.506. The van der Waals surface area contributed by atoms with Gasteiger partial charge in [-0.15, -0.1) is 0 Å². The molecule has 0 N–H and O–H groups in total. The number of aryl methyl sites for hydroxylation is 1. The van der Waals surface area contributed by atoms with E-state index in [0.29, 0.717) is 21.9 Å². The van der Waals surface area contributed by atoms with Gasteiger partial charge in [-0.2, -0.15) is 9.49 Å². The molecule has 0 unspecified atom stereocenters. The van der Waals surface area contributed by atoms with E-state index in [2.05, 4.69) is 31.3 Å². The van der Waals surface area contributed by atoms with Crippen molar-refractivity contribution >= 4 is 53.0 Å². The molecule has 0 aliphatic rings. The van der Waals surface area contributed by atoms with Gasteiger partial charge < -0.3 is 0 Å². The molecule has 0 aromatic carbocycles. The van der Waals surface area contributed by atoms with Gasteiger partial charge in [0.25, 0.3) is 0 Å². The standard InChI is InChI=1S/C11H7ClFIN4S/c1-17-10(13)7(5-16-17)9-4-6-8(12)2-3-15-11(6)18(9)19-14/h2-5H,1H3. The van der Waals surface area contributed by atoms with E-state index in [1.54, 1.807) is 19.3 Å². The molecule has 0 spiro atoms. The first kappa shape index (κ1) is 13.2. The largest absolute Gasteiger partial charge is 0.258 e. The number of nitrogens with zero attached hydrogens (tertiary/aromatic N) is 4. The molecule has 0 amide bonds. The Kier molecular flexibility index (Phi) is 3.44. The van der Waals surface area contributed by atoms with Crippen LogP contribution < -0.4 is 0 Å². The molecule has 4 nitrogen and oxygen atoms in total. The summed E-state index contributed by atoms with van der Waals surface area (Å²) in [5.41, 5.74) is 1.84. The summed E-state index contributed by atoms with van der Waals surface area (Å²) in [6.45, 7) is 0. The number of fused-ring (bicyclic) bond motifs is 1. The number of aromatic nitrogens is 4. The highest BCUT2D eigenvalue weighted by Crippen LogP contribution is 2.36. The van der Waals surface area contributed by atoms with Crippen LogP contribution in [0.25, 0.3) is 22.3 Å². The summed E-state index contributed by atoms with van der Waals surface area (Å²) in [6, 6.07) is 3.55. The SMILES string of the molecule is Cn1ncc(-c2cc3c(Cl)ccnc3n2SI)c1F. The Labute approximate surface area is 129 Å². The van der Waals surface area contributed by atoms with Crippen LogP contribution >= 0.6 is 41.9 Å². The Morgan fingerprint density at radius 1 is 1.47 bits per heavy atom. The van der Waals surface area contributed by atoms with Crippen molar-refractivity contribution in [3.8, 4) is 11.3 Å². The summed E-state index contributed by atoms with van der Waals surface area (Å²) >= 11 is 8.28. The van der Waals surface area contributed by atoms with E-state index in [1.165, 1.54) is 20.0 Å². The number of pyridine rings is 1. The molecule has 3 aromatic rings. The molecule has 3 aromatic heterocycles. The van der Waals surface area contributed by atoms with Gasteiger partial charge in [0.2, 0.25) is 5.95 Å². The zero-order valence-electron chi connectivity index (χ0n) is 9.64. The zero-order valence-corrected chi connectivity index (χ0v) is 13.4. The fourth-order valence-electron chi connectivity index (χ4n) is 1.90. The maximum Gasteiger partial charge on any atom is 0.220 e. The first-order valence-corrected chi connectivity index (χ1v) is 8.96. The van der Waals surface area contributed by atoms with Crippen LogP contribution in [0, 0.1) is 5.95 Å². The zero-order chi connectivity index (χ0) is 13.6. The molecule has 8 heteroatoms. The second-order valence-corrected chi connectivity index (χ2v) is 5.99. The Morgan fingerprint density at radius 2 is 2.26 bits per heavy atom. The molecule has 0 aliphatic heterocycles. The molecule has 0 saturated heterocycles. The summed E-state index contributed by atoms with van der Waals surface area (Å²) in [5, 5.41) is 5.32. The van der Waals surface area contributed by atoms with Crippen LogP contribution in [0.3, 0.4) is 0 Å². The molecule has 3 heterocycles. The van der Waals surface area contributed by atoms with Crippen LogP contribution in [0.5, 0.6) is 0 Å². The van der Waals surface area contributed by atoms with Crippen molar-refractivity contribution in [3.05, 3.63) is 35.5 Å². The second kappa shape index (κ2) is 4.95. The third-order valence-electron chi connectivity index (χ3n) is 2.82. The summed E-state index contributed by atoms with van der Waals surface area (Å²) in [7, 11) is 2.98. The second-order valence-electron chi connectivity index (χ2n) is 3.90. The molecule has 3 rings (SSSR count). The molecular weight excluding hydrogens is 402 g/mol. The molecule has 98 valence electrons. The maximum atomic E-state index is 14.0. The van der Waals surface area contributed by atoms with Crippen LogP contribution in [-0.2, 0) is 7.05 Å². The van der Waals surface area contributed by atoms with E-state index in [0.717, 1.165) is 5.39 Å². The number of hydrogen-bond acceptors (Lipinski definition) is 3. The lowest BCUT2D eigenvalue weighted by Crippen LogP contribution is -1.95. The third-order valence-corrected chi connectivity index (χ3v) is 4.84. The normalized spacial score (nSPS) is 11.4. The van der Waals surface area contributed by atoms with Crippen molar-refractivity contribution in [2.75, 3.05) is 0 Å². The fraction of sp³-hybridized carbons (Fsp3) is 0.0909. The van der Waals surface area contributed by atoms with Crippen molar-refractivity contribution < 1.29 is 4.39 Å². The van der Waals surface area contributed by atoms with Gasteiger partial charge in [0.05, 0.1) is 22.5 Å². The molecule has 0 aliphatic carbocycles. The van der Waals surface area contributed by atoms with E-state index >= 15 is 0 Å². The van der Waals surface area contributed by atoms with Crippen LogP contribution in [-0.4, -0.2) is 18.7 Å². The molecular formula is C11H7ClFIN4S. The monoisotopic (exact) mass is 408 g/mol. The first-order chi connectivity index (χ1) is 9.13. The molecule has 0 radical (unpaired) electrons. The average Bonchev–Trinajstić information content (AvgIpc) is 2.92. The number of hydrogen-bond donors (Lipinski definition) is 0. The summed E-state index contributed by atoms with van der Waals surface area (Å²) in [5.74, 6) is -0.384. The van der Waals surface area contributed by atoms with Crippen LogP contribution in [0.15, 0.2) is 24.5 Å². The topological polar surface area (TPSA) is 35.6 Å². The minimum atomic E-state index is -0.384. The van der Waals surface area contributed by atoms with E-state index in [1.807, 2.05) is 10.0 Å². The van der Waals surface area contributed by atoms with E-state index in [9.17, 15) is 4.39 Å². The van der Waals surface area contributed by atoms with Crippen LogP contribution in [0.2, 0.25) is 5.02 Å². The van der Waals surface area contributed by atoms with Gasteiger partial charge >= 0.3 is 0 Å². The van der Waals surface area contributed by atoms with Crippen molar-refractivity contribution in [1.29, 1.82) is 0 Å². The Morgan fingerprint density at radius 3 is 2.89 bits per heavy atom. The summed E-state index contributed by atoms with van der Waals surface area (Å²) < 4.78 is 17.0. The minimum Gasteiger partial charge on any atom is -0.258 e. The highest BCUT2D eigenvalue weighted by molar-refractivity contribution is 14.2. The Bertz CT molecular complexity index is 769. The van der Waals surface area contributed by atoms with Gasteiger partial charge in [0.1, 0.15) is 0 Å². The van der Waals surface area contributed by atoms with Gasteiger partial charge in [0, 0.05) is 49.0 Å². The van der Waals surface area contributed by atoms with Gasteiger partial charge in [-0.05, 0) is 12.1 Å². The quantitative estimate of drug-likeness (QED) is 0.600. The van der Waals surface area contributed by atoms with Crippen LogP contribution in [0.1, 0.15) is 0 Å². The van der Waals surface area contributed by atoms with Crippen molar-refractivity contribution in [2.24, 2.45) is 7.05 Å². The fourth-order valence-corrected chi connectivity index (χ4v) is 3.72. The summed E-state index contributed by atoms with van der Waals surface area (Å²) in [4.78, 5) is 4.30. The molecule has 19 heavy (non-hydrogen) atoms. The molecule has 0 bridgehead atoms. The Hall–Kier alpha value is -0.800. The van der Waals surface area contributed by atoms with Crippen LogP contribution in [0.4, 0.5) is 4.39 Å². The van der Waals surface area contributed by atoms with E-state index in [4.69, 9.17) is 11.6 Å². The number of rotatable bonds is 2. The lowest BCUT2D eigenvalue weighted by Gasteiger charge is -2.03. The van der Waals surface area contributed by atoms with Gasteiger partial charge in [-0.1, -0.05) is 11.6 Å². The first-order valence-electron chi connectivity index (χ1n) is 5.26. The molecule has 0 saturated carbocycles. The highest BCUT2D eigenvalue weighted by Gasteiger charge is 2.18. The van der Waals surface area contributed by atoms with Gasteiger partial charge in [-0.25, -0.2) is 9.67 Å². The predicted molar refractivity (Wildman–Crippen MR) is 83.9 cm³/mol. The average molecular weight is 409 g/mol. The van der Waals surface area contributed by atoms with Gasteiger partial charge in [0.15, 0.2) is 5.65 Å². The minimum absolute atomic E-state index is 0.384. The number of halogens is 3. The summed E-state index contributed by atoms with van der Waals surface area (Å²) in [6.07, 6.45) is 3.14. The van der Waals surface area contributed by atoms with Crippen molar-refractivity contribution in [1.82, 2.24) is 18.7 Å². The Balaban J connectivity index is 2.35. The van der Waals surface area contributed by atoms with Gasteiger partial charge in [-0.3, -0.25) is 3.97 Å². The maximum absolute atomic E-state index is 14.0. The predicted octanol–water partition coefficient (Wildman–Crippen LogP) is 4.08. The van der Waals surface area contributed by atoms with Crippen molar-refractivity contribution in [3.63, 3.8) is 0 Å². The third kappa shape index (κ3) is 2.03. The highest BCUT2D eigenvalue weighted by atomic mass is 127. The van der Waals surface area contributed by atoms with E-state index in [-0.39, 0.29) is 5.95 Å². The smallest absolute Gasteiger partial charge is 0.220 e. The molecule has 0 atom stereocenters. The molecule has 0 fully saturated rings. The van der Waals surface area contributed by atoms with E-state index < -0.39 is 0 Å². The lowest BCUT2D eigenvalue weighted by atomic mass is 10.2. The van der Waals surface area contributed by atoms with Crippen molar-refractivity contribution in [2.45, 2.75) is 0 Å².